The normalized spacial score (nSPS) is 10.6. The summed E-state index contributed by atoms with van der Waals surface area (Å²) in [6.45, 7) is 2.03. The van der Waals surface area contributed by atoms with E-state index in [4.69, 9.17) is 15.2 Å². The molecule has 0 spiro atoms. The van der Waals surface area contributed by atoms with Crippen LogP contribution in [0.5, 0.6) is 11.5 Å². The van der Waals surface area contributed by atoms with Gasteiger partial charge in [0.25, 0.3) is 0 Å². The van der Waals surface area contributed by atoms with Crippen molar-refractivity contribution in [3.63, 3.8) is 0 Å². The molecule has 3 rings (SSSR count). The highest BCUT2D eigenvalue weighted by atomic mass is 16.5. The van der Waals surface area contributed by atoms with Crippen LogP contribution < -0.4 is 20.5 Å². The zero-order valence-corrected chi connectivity index (χ0v) is 13.3. The van der Waals surface area contributed by atoms with Gasteiger partial charge < -0.3 is 20.5 Å². The standard InChI is InChI=1S/C17H18N4O2/c1-10-5-4-6-11(7-10)19-17-20-13-9-15(23-3)14(22-2)8-12(13)16(18)21-17/h4-9H,1-3H3,(H3,18,19,20,21). The van der Waals surface area contributed by atoms with Crippen LogP contribution in [0.2, 0.25) is 0 Å². The number of benzene rings is 2. The number of hydrogen-bond donors (Lipinski definition) is 2. The van der Waals surface area contributed by atoms with Gasteiger partial charge in [-0.05, 0) is 30.7 Å². The van der Waals surface area contributed by atoms with E-state index in [0.29, 0.717) is 28.8 Å². The number of fused-ring (bicyclic) bond motifs is 1. The monoisotopic (exact) mass is 310 g/mol. The van der Waals surface area contributed by atoms with Gasteiger partial charge in [0.2, 0.25) is 5.95 Å². The number of nitrogens with one attached hydrogen (secondary N) is 1. The molecule has 0 aliphatic heterocycles. The Labute approximate surface area is 134 Å². The van der Waals surface area contributed by atoms with E-state index in [1.54, 1.807) is 26.4 Å². The van der Waals surface area contributed by atoms with E-state index < -0.39 is 0 Å². The van der Waals surface area contributed by atoms with Crippen LogP contribution in [0.4, 0.5) is 17.5 Å². The number of aryl methyl sites for hydroxylation is 1. The van der Waals surface area contributed by atoms with Crippen molar-refractivity contribution in [2.45, 2.75) is 6.92 Å². The molecule has 3 N–H and O–H groups in total. The molecule has 0 bridgehead atoms. The van der Waals surface area contributed by atoms with Crippen LogP contribution >= 0.6 is 0 Å². The van der Waals surface area contributed by atoms with E-state index in [0.717, 1.165) is 16.6 Å². The molecule has 0 atom stereocenters. The minimum atomic E-state index is 0.381. The maximum absolute atomic E-state index is 6.07. The van der Waals surface area contributed by atoms with Gasteiger partial charge in [0.05, 0.1) is 19.7 Å². The van der Waals surface area contributed by atoms with Gasteiger partial charge in [0.15, 0.2) is 11.5 Å². The predicted molar refractivity (Wildman–Crippen MR) is 91.5 cm³/mol. The van der Waals surface area contributed by atoms with Crippen molar-refractivity contribution < 1.29 is 9.47 Å². The summed E-state index contributed by atoms with van der Waals surface area (Å²) in [7, 11) is 3.16. The van der Waals surface area contributed by atoms with Crippen molar-refractivity contribution >= 4 is 28.4 Å². The van der Waals surface area contributed by atoms with Crippen LogP contribution in [-0.4, -0.2) is 24.2 Å². The van der Waals surface area contributed by atoms with E-state index in [-0.39, 0.29) is 0 Å². The third-order valence-electron chi connectivity index (χ3n) is 3.50. The van der Waals surface area contributed by atoms with Crippen molar-refractivity contribution in [1.82, 2.24) is 9.97 Å². The van der Waals surface area contributed by atoms with Crippen molar-refractivity contribution in [2.24, 2.45) is 0 Å². The third kappa shape index (κ3) is 2.96. The Kier molecular flexibility index (Phi) is 3.89. The molecule has 0 saturated carbocycles. The van der Waals surface area contributed by atoms with Gasteiger partial charge in [0.1, 0.15) is 5.82 Å². The Morgan fingerprint density at radius 3 is 2.43 bits per heavy atom. The summed E-state index contributed by atoms with van der Waals surface area (Å²) in [5, 5.41) is 3.89. The molecule has 0 aliphatic rings. The number of methoxy groups -OCH3 is 2. The molecule has 0 radical (unpaired) electrons. The van der Waals surface area contributed by atoms with Crippen molar-refractivity contribution in [1.29, 1.82) is 0 Å². The van der Waals surface area contributed by atoms with E-state index in [9.17, 15) is 0 Å². The second kappa shape index (κ2) is 6.00. The number of nitrogens with zero attached hydrogens (tertiary/aromatic N) is 2. The molecule has 6 heteroatoms. The van der Waals surface area contributed by atoms with Crippen LogP contribution in [0.25, 0.3) is 10.9 Å². The Morgan fingerprint density at radius 1 is 1.00 bits per heavy atom. The van der Waals surface area contributed by atoms with Gasteiger partial charge in [-0.2, -0.15) is 4.98 Å². The van der Waals surface area contributed by atoms with E-state index in [2.05, 4.69) is 15.3 Å². The van der Waals surface area contributed by atoms with Crippen molar-refractivity contribution in [2.75, 3.05) is 25.3 Å². The van der Waals surface area contributed by atoms with Gasteiger partial charge in [0, 0.05) is 17.1 Å². The lowest BCUT2D eigenvalue weighted by atomic mass is 10.2. The van der Waals surface area contributed by atoms with Crippen molar-refractivity contribution in [3.8, 4) is 11.5 Å². The van der Waals surface area contributed by atoms with Crippen LogP contribution in [0, 0.1) is 6.92 Å². The minimum Gasteiger partial charge on any atom is -0.493 e. The number of hydrogen-bond acceptors (Lipinski definition) is 6. The van der Waals surface area contributed by atoms with Crippen LogP contribution in [0.15, 0.2) is 36.4 Å². The third-order valence-corrected chi connectivity index (χ3v) is 3.50. The molecule has 1 heterocycles. The largest absolute Gasteiger partial charge is 0.493 e. The van der Waals surface area contributed by atoms with Crippen LogP contribution in [-0.2, 0) is 0 Å². The van der Waals surface area contributed by atoms with Gasteiger partial charge in [-0.3, -0.25) is 0 Å². The van der Waals surface area contributed by atoms with Gasteiger partial charge in [-0.1, -0.05) is 12.1 Å². The number of rotatable bonds is 4. The average molecular weight is 310 g/mol. The van der Waals surface area contributed by atoms with Gasteiger partial charge in [-0.25, -0.2) is 4.98 Å². The molecule has 0 saturated heterocycles. The first-order valence-corrected chi connectivity index (χ1v) is 7.13. The number of nitrogens with two attached hydrogens (primary N) is 1. The first-order valence-electron chi connectivity index (χ1n) is 7.13. The fourth-order valence-electron chi connectivity index (χ4n) is 2.39. The average Bonchev–Trinajstić information content (AvgIpc) is 2.53. The SMILES string of the molecule is COc1cc2nc(Nc3cccc(C)c3)nc(N)c2cc1OC. The summed E-state index contributed by atoms with van der Waals surface area (Å²) in [6.07, 6.45) is 0. The molecule has 6 nitrogen and oxygen atoms in total. The number of aromatic nitrogens is 2. The molecular formula is C17H18N4O2. The summed E-state index contributed by atoms with van der Waals surface area (Å²) >= 11 is 0. The Balaban J connectivity index is 2.06. The first-order chi connectivity index (χ1) is 11.1. The summed E-state index contributed by atoms with van der Waals surface area (Å²) < 4.78 is 10.6. The number of nitrogen functional groups attached to an aromatic ring is 1. The maximum Gasteiger partial charge on any atom is 0.229 e. The molecule has 23 heavy (non-hydrogen) atoms. The van der Waals surface area contributed by atoms with Gasteiger partial charge >= 0.3 is 0 Å². The molecular weight excluding hydrogens is 292 g/mol. The topological polar surface area (TPSA) is 82.3 Å². The highest BCUT2D eigenvalue weighted by Crippen LogP contribution is 2.33. The molecule has 0 amide bonds. The maximum atomic E-state index is 6.07. The van der Waals surface area contributed by atoms with E-state index in [1.165, 1.54) is 0 Å². The van der Waals surface area contributed by atoms with E-state index >= 15 is 0 Å². The predicted octanol–water partition coefficient (Wildman–Crippen LogP) is 3.28. The lowest BCUT2D eigenvalue weighted by Gasteiger charge is -2.11. The highest BCUT2D eigenvalue weighted by molar-refractivity contribution is 5.92. The molecule has 1 aromatic heterocycles. The van der Waals surface area contributed by atoms with Crippen molar-refractivity contribution in [3.05, 3.63) is 42.0 Å². The van der Waals surface area contributed by atoms with Crippen LogP contribution in [0.1, 0.15) is 5.56 Å². The molecule has 2 aromatic carbocycles. The smallest absolute Gasteiger partial charge is 0.229 e. The fourth-order valence-corrected chi connectivity index (χ4v) is 2.39. The second-order valence-electron chi connectivity index (χ2n) is 5.15. The Morgan fingerprint density at radius 2 is 1.74 bits per heavy atom. The van der Waals surface area contributed by atoms with Crippen LogP contribution in [0.3, 0.4) is 0 Å². The molecule has 0 fully saturated rings. The quantitative estimate of drug-likeness (QED) is 0.769. The summed E-state index contributed by atoms with van der Waals surface area (Å²) in [5.41, 5.74) is 8.81. The fraction of sp³-hybridized carbons (Fsp3) is 0.176. The zero-order valence-electron chi connectivity index (χ0n) is 13.3. The molecule has 118 valence electrons. The second-order valence-corrected chi connectivity index (χ2v) is 5.15. The highest BCUT2D eigenvalue weighted by Gasteiger charge is 2.11. The lowest BCUT2D eigenvalue weighted by molar-refractivity contribution is 0.356. The molecule has 3 aromatic rings. The summed E-state index contributed by atoms with van der Waals surface area (Å²) in [4.78, 5) is 8.82. The van der Waals surface area contributed by atoms with E-state index in [1.807, 2.05) is 31.2 Å². The summed E-state index contributed by atoms with van der Waals surface area (Å²) in [5.74, 6) is 2.01. The Hall–Kier alpha value is -3.02. The molecule has 0 unspecified atom stereocenters. The zero-order chi connectivity index (χ0) is 16.4. The number of ether oxygens (including phenoxy) is 2. The first kappa shape index (κ1) is 14.9. The number of anilines is 3. The Bertz CT molecular complexity index is 865. The lowest BCUT2D eigenvalue weighted by Crippen LogP contribution is -2.02. The summed E-state index contributed by atoms with van der Waals surface area (Å²) in [6, 6.07) is 11.5. The molecule has 0 aliphatic carbocycles. The minimum absolute atomic E-state index is 0.381. The van der Waals surface area contributed by atoms with Gasteiger partial charge in [-0.15, -0.1) is 0 Å².